The number of halogens is 1. The number of rotatable bonds is 4. The third-order valence-corrected chi connectivity index (χ3v) is 2.90. The molecule has 0 aliphatic heterocycles. The summed E-state index contributed by atoms with van der Waals surface area (Å²) in [6, 6.07) is 13.2. The molecule has 1 unspecified atom stereocenters. The SMILES string of the molecule is CC(F)c1cc(O)ccc1C(=O)OCc1ccccc1. The fraction of sp³-hybridized carbons (Fsp3) is 0.188. The van der Waals surface area contributed by atoms with Crippen LogP contribution in [0.1, 0.15) is 34.6 Å². The van der Waals surface area contributed by atoms with Crippen molar-refractivity contribution < 1.29 is 19.0 Å². The Morgan fingerprint density at radius 1 is 1.25 bits per heavy atom. The third-order valence-electron chi connectivity index (χ3n) is 2.90. The Hall–Kier alpha value is -2.36. The summed E-state index contributed by atoms with van der Waals surface area (Å²) in [5.41, 5.74) is 1.12. The van der Waals surface area contributed by atoms with Gasteiger partial charge in [0.25, 0.3) is 0 Å². The van der Waals surface area contributed by atoms with E-state index in [1.54, 1.807) is 0 Å². The van der Waals surface area contributed by atoms with Crippen molar-refractivity contribution in [2.45, 2.75) is 19.7 Å². The Kier molecular flexibility index (Phi) is 4.35. The lowest BCUT2D eigenvalue weighted by molar-refractivity contribution is 0.0469. The van der Waals surface area contributed by atoms with Crippen LogP contribution in [0.15, 0.2) is 48.5 Å². The predicted octanol–water partition coefficient (Wildman–Crippen LogP) is 3.78. The lowest BCUT2D eigenvalue weighted by Gasteiger charge is -2.11. The van der Waals surface area contributed by atoms with Crippen molar-refractivity contribution in [2.75, 3.05) is 0 Å². The molecular formula is C16H15FO3. The second-order valence-electron chi connectivity index (χ2n) is 4.45. The molecule has 0 saturated carbocycles. The zero-order chi connectivity index (χ0) is 14.5. The van der Waals surface area contributed by atoms with Gasteiger partial charge in [0.2, 0.25) is 0 Å². The van der Waals surface area contributed by atoms with Crippen molar-refractivity contribution >= 4 is 5.97 Å². The molecule has 20 heavy (non-hydrogen) atoms. The average molecular weight is 274 g/mol. The van der Waals surface area contributed by atoms with E-state index in [1.165, 1.54) is 25.1 Å². The maximum Gasteiger partial charge on any atom is 0.338 e. The van der Waals surface area contributed by atoms with Gasteiger partial charge in [-0.3, -0.25) is 0 Å². The van der Waals surface area contributed by atoms with E-state index >= 15 is 0 Å². The highest BCUT2D eigenvalue weighted by molar-refractivity contribution is 5.91. The molecular weight excluding hydrogens is 259 g/mol. The number of esters is 1. The molecule has 0 heterocycles. The van der Waals surface area contributed by atoms with Crippen molar-refractivity contribution in [3.8, 4) is 5.75 Å². The quantitative estimate of drug-likeness (QED) is 0.863. The van der Waals surface area contributed by atoms with Crippen LogP contribution in [-0.2, 0) is 11.3 Å². The minimum absolute atomic E-state index is 0.0795. The Balaban J connectivity index is 2.13. The Bertz CT molecular complexity index is 594. The van der Waals surface area contributed by atoms with Gasteiger partial charge in [-0.2, -0.15) is 0 Å². The van der Waals surface area contributed by atoms with Gasteiger partial charge in [-0.05, 0) is 30.7 Å². The van der Waals surface area contributed by atoms with E-state index in [0.29, 0.717) is 0 Å². The largest absolute Gasteiger partial charge is 0.508 e. The van der Waals surface area contributed by atoms with Crippen LogP contribution in [0.2, 0.25) is 0 Å². The van der Waals surface area contributed by atoms with Crippen LogP contribution in [0, 0.1) is 0 Å². The molecule has 3 nitrogen and oxygen atoms in total. The van der Waals surface area contributed by atoms with Gasteiger partial charge in [-0.25, -0.2) is 9.18 Å². The van der Waals surface area contributed by atoms with Crippen LogP contribution in [0.4, 0.5) is 4.39 Å². The first-order valence-corrected chi connectivity index (χ1v) is 6.26. The summed E-state index contributed by atoms with van der Waals surface area (Å²) in [7, 11) is 0. The van der Waals surface area contributed by atoms with Gasteiger partial charge in [0.05, 0.1) is 5.56 Å². The summed E-state index contributed by atoms with van der Waals surface area (Å²) in [6.45, 7) is 1.43. The fourth-order valence-corrected chi connectivity index (χ4v) is 1.87. The number of alkyl halides is 1. The van der Waals surface area contributed by atoms with E-state index in [4.69, 9.17) is 4.74 Å². The molecule has 0 aliphatic carbocycles. The molecule has 104 valence electrons. The molecule has 4 heteroatoms. The van der Waals surface area contributed by atoms with Crippen molar-refractivity contribution in [1.82, 2.24) is 0 Å². The van der Waals surface area contributed by atoms with Crippen LogP contribution >= 0.6 is 0 Å². The molecule has 0 aromatic heterocycles. The van der Waals surface area contributed by atoms with Gasteiger partial charge >= 0.3 is 5.97 Å². The normalized spacial score (nSPS) is 11.9. The van der Waals surface area contributed by atoms with Crippen LogP contribution < -0.4 is 0 Å². The standard InChI is InChI=1S/C16H15FO3/c1-11(17)15-9-13(18)7-8-14(15)16(19)20-10-12-5-3-2-4-6-12/h2-9,11,18H,10H2,1H3. The smallest absolute Gasteiger partial charge is 0.338 e. The molecule has 2 aromatic carbocycles. The van der Waals surface area contributed by atoms with E-state index in [9.17, 15) is 14.3 Å². The number of hydrogen-bond donors (Lipinski definition) is 1. The lowest BCUT2D eigenvalue weighted by atomic mass is 10.0. The Morgan fingerprint density at radius 3 is 2.60 bits per heavy atom. The summed E-state index contributed by atoms with van der Waals surface area (Å²) >= 11 is 0. The molecule has 2 rings (SSSR count). The van der Waals surface area contributed by atoms with Gasteiger partial charge < -0.3 is 9.84 Å². The second-order valence-corrected chi connectivity index (χ2v) is 4.45. The molecule has 1 atom stereocenters. The minimum Gasteiger partial charge on any atom is -0.508 e. The highest BCUT2D eigenvalue weighted by Crippen LogP contribution is 2.26. The van der Waals surface area contributed by atoms with Crippen LogP contribution in [0.25, 0.3) is 0 Å². The Labute approximate surface area is 116 Å². The molecule has 0 saturated heterocycles. The van der Waals surface area contributed by atoms with Crippen LogP contribution in [-0.4, -0.2) is 11.1 Å². The van der Waals surface area contributed by atoms with Crippen LogP contribution in [0.3, 0.4) is 0 Å². The first kappa shape index (κ1) is 14.1. The molecule has 0 fully saturated rings. The molecule has 0 bridgehead atoms. The van der Waals surface area contributed by atoms with Gasteiger partial charge in [-0.1, -0.05) is 30.3 Å². The van der Waals surface area contributed by atoms with E-state index in [0.717, 1.165) is 5.56 Å². The molecule has 2 aromatic rings. The molecule has 0 spiro atoms. The minimum atomic E-state index is -1.36. The monoisotopic (exact) mass is 274 g/mol. The first-order valence-electron chi connectivity index (χ1n) is 6.26. The van der Waals surface area contributed by atoms with Crippen molar-refractivity contribution in [3.63, 3.8) is 0 Å². The lowest BCUT2D eigenvalue weighted by Crippen LogP contribution is -2.09. The molecule has 0 aliphatic rings. The second kappa shape index (κ2) is 6.19. The topological polar surface area (TPSA) is 46.5 Å². The number of ether oxygens (including phenoxy) is 1. The number of phenolic OH excluding ortho intramolecular Hbond substituents is 1. The highest BCUT2D eigenvalue weighted by atomic mass is 19.1. The maximum absolute atomic E-state index is 13.5. The van der Waals surface area contributed by atoms with Gasteiger partial charge in [-0.15, -0.1) is 0 Å². The van der Waals surface area contributed by atoms with Gasteiger partial charge in [0.15, 0.2) is 0 Å². The summed E-state index contributed by atoms with van der Waals surface area (Å²) in [6.07, 6.45) is -1.36. The number of aromatic hydroxyl groups is 1. The first-order chi connectivity index (χ1) is 9.58. The predicted molar refractivity (Wildman–Crippen MR) is 73.2 cm³/mol. The summed E-state index contributed by atoms with van der Waals surface area (Å²) in [4.78, 5) is 12.0. The summed E-state index contributed by atoms with van der Waals surface area (Å²) < 4.78 is 18.6. The average Bonchev–Trinajstić information content (AvgIpc) is 2.45. The van der Waals surface area contributed by atoms with E-state index in [-0.39, 0.29) is 23.5 Å². The van der Waals surface area contributed by atoms with Gasteiger partial charge in [0, 0.05) is 5.56 Å². The molecule has 0 radical (unpaired) electrons. The van der Waals surface area contributed by atoms with Crippen molar-refractivity contribution in [3.05, 3.63) is 65.2 Å². The van der Waals surface area contributed by atoms with E-state index in [2.05, 4.69) is 0 Å². The summed E-state index contributed by atoms with van der Waals surface area (Å²) in [5, 5.41) is 9.36. The fourth-order valence-electron chi connectivity index (χ4n) is 1.87. The number of carbonyl (C=O) groups is 1. The highest BCUT2D eigenvalue weighted by Gasteiger charge is 2.17. The molecule has 1 N–H and O–H groups in total. The number of benzene rings is 2. The zero-order valence-corrected chi connectivity index (χ0v) is 11.0. The number of phenols is 1. The third kappa shape index (κ3) is 3.35. The van der Waals surface area contributed by atoms with Crippen molar-refractivity contribution in [1.29, 1.82) is 0 Å². The van der Waals surface area contributed by atoms with Crippen LogP contribution in [0.5, 0.6) is 5.75 Å². The van der Waals surface area contributed by atoms with E-state index in [1.807, 2.05) is 30.3 Å². The summed E-state index contributed by atoms with van der Waals surface area (Å²) in [5.74, 6) is -0.683. The Morgan fingerprint density at radius 2 is 1.95 bits per heavy atom. The maximum atomic E-state index is 13.5. The zero-order valence-electron chi connectivity index (χ0n) is 11.0. The molecule has 0 amide bonds. The van der Waals surface area contributed by atoms with E-state index < -0.39 is 12.1 Å². The van der Waals surface area contributed by atoms with Crippen molar-refractivity contribution in [2.24, 2.45) is 0 Å². The number of hydrogen-bond acceptors (Lipinski definition) is 3. The van der Waals surface area contributed by atoms with Gasteiger partial charge in [0.1, 0.15) is 18.5 Å². The number of carbonyl (C=O) groups excluding carboxylic acids is 1.